The first-order valence-corrected chi connectivity index (χ1v) is 23.8. The summed E-state index contributed by atoms with van der Waals surface area (Å²) in [7, 11) is 0. The van der Waals surface area contributed by atoms with E-state index in [0.29, 0.717) is 19.3 Å². The lowest BCUT2D eigenvalue weighted by Gasteiger charge is -2.18. The molecule has 0 aliphatic carbocycles. The predicted molar refractivity (Wildman–Crippen MR) is 242 cm³/mol. The standard InChI is InChI=1S/C51H88O6/c1-4-7-10-13-15-17-19-21-23-24-25-26-28-29-31-33-35-38-41-44-50(53)56-47-48(46-55-49(52)43-40-37-12-9-6-3)57-51(54)45-42-39-36-34-32-30-27-22-20-18-16-14-11-8-5-2/h15-18,21-23,25-27,48H,4-14,19-20,24,28-47H2,1-3H3/b17-15-,18-16-,23-21-,26-25-,27-22-. The molecule has 0 saturated heterocycles. The maximum Gasteiger partial charge on any atom is 0.306 e. The molecule has 6 heteroatoms. The molecule has 0 rings (SSSR count). The van der Waals surface area contributed by atoms with Crippen LogP contribution in [0, 0.1) is 0 Å². The minimum absolute atomic E-state index is 0.0856. The van der Waals surface area contributed by atoms with Crippen molar-refractivity contribution in [3.8, 4) is 0 Å². The first-order chi connectivity index (χ1) is 28.0. The average Bonchev–Trinajstić information content (AvgIpc) is 3.21. The third-order valence-corrected chi connectivity index (χ3v) is 9.99. The number of carbonyl (C=O) groups is 3. The van der Waals surface area contributed by atoms with Gasteiger partial charge in [-0.2, -0.15) is 0 Å². The van der Waals surface area contributed by atoms with Crippen molar-refractivity contribution >= 4 is 17.9 Å². The molecule has 0 radical (unpaired) electrons. The number of rotatable bonds is 42. The van der Waals surface area contributed by atoms with Gasteiger partial charge in [-0.3, -0.25) is 14.4 Å². The third-order valence-electron chi connectivity index (χ3n) is 9.99. The van der Waals surface area contributed by atoms with Crippen LogP contribution >= 0.6 is 0 Å². The molecule has 0 saturated carbocycles. The summed E-state index contributed by atoms with van der Waals surface area (Å²) >= 11 is 0. The molecule has 6 nitrogen and oxygen atoms in total. The van der Waals surface area contributed by atoms with Gasteiger partial charge in [0.05, 0.1) is 0 Å². The molecule has 57 heavy (non-hydrogen) atoms. The van der Waals surface area contributed by atoms with E-state index in [4.69, 9.17) is 14.2 Å². The minimum Gasteiger partial charge on any atom is -0.462 e. The molecule has 0 heterocycles. The van der Waals surface area contributed by atoms with E-state index in [1.807, 2.05) is 0 Å². The minimum atomic E-state index is -0.782. The number of ether oxygens (including phenoxy) is 3. The van der Waals surface area contributed by atoms with Gasteiger partial charge in [0.2, 0.25) is 0 Å². The summed E-state index contributed by atoms with van der Waals surface area (Å²) < 4.78 is 16.6. The van der Waals surface area contributed by atoms with Crippen molar-refractivity contribution in [2.24, 2.45) is 0 Å². The zero-order valence-electron chi connectivity index (χ0n) is 37.3. The molecule has 1 unspecified atom stereocenters. The molecular formula is C51H88O6. The van der Waals surface area contributed by atoms with Gasteiger partial charge in [0.15, 0.2) is 6.10 Å². The third kappa shape index (κ3) is 44.1. The van der Waals surface area contributed by atoms with Crippen LogP contribution in [0.1, 0.15) is 226 Å². The highest BCUT2D eigenvalue weighted by Crippen LogP contribution is 2.13. The van der Waals surface area contributed by atoms with Crippen LogP contribution in [-0.4, -0.2) is 37.2 Å². The molecule has 0 aromatic heterocycles. The lowest BCUT2D eigenvalue weighted by Crippen LogP contribution is -2.30. The van der Waals surface area contributed by atoms with Gasteiger partial charge >= 0.3 is 17.9 Å². The number of esters is 3. The van der Waals surface area contributed by atoms with Crippen LogP contribution in [0.3, 0.4) is 0 Å². The molecule has 0 bridgehead atoms. The largest absolute Gasteiger partial charge is 0.462 e. The SMILES string of the molecule is CCCCC/C=C\C/C=C\C/C=C\CCCCCCCCC(=O)OCC(COC(=O)CCCCCCC)OC(=O)CCCCCCC/C=C\C/C=C\CCCCC. The Morgan fingerprint density at radius 1 is 0.351 bits per heavy atom. The summed E-state index contributed by atoms with van der Waals surface area (Å²) in [5.41, 5.74) is 0. The van der Waals surface area contributed by atoms with Crippen molar-refractivity contribution in [1.29, 1.82) is 0 Å². The van der Waals surface area contributed by atoms with E-state index in [0.717, 1.165) is 109 Å². The topological polar surface area (TPSA) is 78.9 Å². The second-order valence-electron chi connectivity index (χ2n) is 15.7. The lowest BCUT2D eigenvalue weighted by atomic mass is 10.1. The highest BCUT2D eigenvalue weighted by Gasteiger charge is 2.19. The van der Waals surface area contributed by atoms with Crippen molar-refractivity contribution in [2.45, 2.75) is 232 Å². The van der Waals surface area contributed by atoms with Gasteiger partial charge in [0.25, 0.3) is 0 Å². The van der Waals surface area contributed by atoms with Crippen LogP contribution < -0.4 is 0 Å². The first kappa shape index (κ1) is 54.1. The Kier molecular flexibility index (Phi) is 43.5. The summed E-state index contributed by atoms with van der Waals surface area (Å²) in [6.07, 6.45) is 55.1. The lowest BCUT2D eigenvalue weighted by molar-refractivity contribution is -0.167. The number of carbonyl (C=O) groups excluding carboxylic acids is 3. The molecule has 1 atom stereocenters. The van der Waals surface area contributed by atoms with Gasteiger partial charge in [-0.1, -0.05) is 178 Å². The predicted octanol–water partition coefficient (Wildman–Crippen LogP) is 15.3. The number of allylic oxidation sites excluding steroid dienone is 10. The van der Waals surface area contributed by atoms with Gasteiger partial charge in [-0.25, -0.2) is 0 Å². The molecule has 0 aliphatic rings. The maximum absolute atomic E-state index is 12.7. The fourth-order valence-corrected chi connectivity index (χ4v) is 6.36. The van der Waals surface area contributed by atoms with Gasteiger partial charge in [0.1, 0.15) is 13.2 Å². The van der Waals surface area contributed by atoms with Crippen LogP contribution in [-0.2, 0) is 28.6 Å². The van der Waals surface area contributed by atoms with Crippen LogP contribution in [0.5, 0.6) is 0 Å². The smallest absolute Gasteiger partial charge is 0.306 e. The Bertz CT molecular complexity index is 1050. The molecule has 0 aliphatic heterocycles. The normalized spacial score (nSPS) is 12.5. The molecular weight excluding hydrogens is 709 g/mol. The maximum atomic E-state index is 12.7. The second kappa shape index (κ2) is 45.8. The zero-order valence-corrected chi connectivity index (χ0v) is 37.3. The van der Waals surface area contributed by atoms with E-state index in [1.165, 1.54) is 77.0 Å². The van der Waals surface area contributed by atoms with Crippen molar-refractivity contribution < 1.29 is 28.6 Å². The van der Waals surface area contributed by atoms with E-state index >= 15 is 0 Å². The number of hydrogen-bond acceptors (Lipinski definition) is 6. The highest BCUT2D eigenvalue weighted by molar-refractivity contribution is 5.71. The Morgan fingerprint density at radius 2 is 0.632 bits per heavy atom. The molecule has 0 N–H and O–H groups in total. The van der Waals surface area contributed by atoms with E-state index in [9.17, 15) is 14.4 Å². The van der Waals surface area contributed by atoms with E-state index in [2.05, 4.69) is 81.5 Å². The van der Waals surface area contributed by atoms with Gasteiger partial charge in [-0.05, 0) is 89.9 Å². The Hall–Kier alpha value is -2.89. The van der Waals surface area contributed by atoms with Crippen molar-refractivity contribution in [3.63, 3.8) is 0 Å². The fraction of sp³-hybridized carbons (Fsp3) is 0.745. The Balaban J connectivity index is 4.25. The van der Waals surface area contributed by atoms with Gasteiger partial charge < -0.3 is 14.2 Å². The van der Waals surface area contributed by atoms with Crippen molar-refractivity contribution in [2.75, 3.05) is 13.2 Å². The van der Waals surface area contributed by atoms with Crippen LogP contribution in [0.15, 0.2) is 60.8 Å². The molecule has 0 amide bonds. The molecule has 328 valence electrons. The number of unbranched alkanes of at least 4 members (excludes halogenated alkanes) is 21. The van der Waals surface area contributed by atoms with Crippen LogP contribution in [0.25, 0.3) is 0 Å². The first-order valence-electron chi connectivity index (χ1n) is 23.8. The van der Waals surface area contributed by atoms with Crippen molar-refractivity contribution in [3.05, 3.63) is 60.8 Å². The summed E-state index contributed by atoms with van der Waals surface area (Å²) in [6.45, 7) is 6.47. The molecule has 0 aromatic rings. The molecule has 0 fully saturated rings. The highest BCUT2D eigenvalue weighted by atomic mass is 16.6. The summed E-state index contributed by atoms with van der Waals surface area (Å²) in [4.78, 5) is 37.5. The monoisotopic (exact) mass is 797 g/mol. The Morgan fingerprint density at radius 3 is 1.02 bits per heavy atom. The van der Waals surface area contributed by atoms with E-state index in [-0.39, 0.29) is 31.1 Å². The van der Waals surface area contributed by atoms with E-state index < -0.39 is 6.10 Å². The number of hydrogen-bond donors (Lipinski definition) is 0. The fourth-order valence-electron chi connectivity index (χ4n) is 6.36. The van der Waals surface area contributed by atoms with Crippen molar-refractivity contribution in [1.82, 2.24) is 0 Å². The van der Waals surface area contributed by atoms with Crippen LogP contribution in [0.2, 0.25) is 0 Å². The average molecular weight is 797 g/mol. The second-order valence-corrected chi connectivity index (χ2v) is 15.7. The molecule has 0 spiro atoms. The summed E-state index contributed by atoms with van der Waals surface area (Å²) in [5, 5.41) is 0. The van der Waals surface area contributed by atoms with Gasteiger partial charge in [0, 0.05) is 19.3 Å². The van der Waals surface area contributed by atoms with Crippen LogP contribution in [0.4, 0.5) is 0 Å². The summed E-state index contributed by atoms with van der Waals surface area (Å²) in [5.74, 6) is -0.928. The quantitative estimate of drug-likeness (QED) is 0.0265. The Labute approximate surface area is 351 Å². The van der Waals surface area contributed by atoms with E-state index in [1.54, 1.807) is 0 Å². The molecule has 0 aromatic carbocycles. The zero-order chi connectivity index (χ0) is 41.5. The summed E-state index contributed by atoms with van der Waals surface area (Å²) in [6, 6.07) is 0. The van der Waals surface area contributed by atoms with Gasteiger partial charge in [-0.15, -0.1) is 0 Å².